The molecule has 4 aromatic rings. The average Bonchev–Trinajstić information content (AvgIpc) is 3.26. The molecule has 1 N–H and O–H groups in total. The third-order valence-electron chi connectivity index (χ3n) is 6.03. The summed E-state index contributed by atoms with van der Waals surface area (Å²) in [5.41, 5.74) is 2.95. The van der Waals surface area contributed by atoms with Crippen molar-refractivity contribution in [2.24, 2.45) is 0 Å². The van der Waals surface area contributed by atoms with Gasteiger partial charge in [0.25, 0.3) is 17.2 Å². The SMILES string of the molecule is Cc1ccc(-n2[nH]c(C)c(C3=C([n+]4ccccc4)C(=O)N(c4ccc(F)cc4)C3=O)c2=O)c(C)c1. The number of hydrogen-bond acceptors (Lipinski definition) is 3. The van der Waals surface area contributed by atoms with Gasteiger partial charge in [0, 0.05) is 17.8 Å². The fraction of sp³-hybridized carbons (Fsp3) is 0.111. The lowest BCUT2D eigenvalue weighted by molar-refractivity contribution is -0.576. The van der Waals surface area contributed by atoms with Crippen LogP contribution in [0.4, 0.5) is 10.1 Å². The lowest BCUT2D eigenvalue weighted by Gasteiger charge is -2.13. The molecule has 1 aliphatic rings. The Kier molecular flexibility index (Phi) is 5.28. The second-order valence-corrected chi connectivity index (χ2v) is 8.47. The number of H-pyrrole nitrogens is 1. The lowest BCUT2D eigenvalue weighted by Crippen LogP contribution is -2.39. The van der Waals surface area contributed by atoms with E-state index in [0.29, 0.717) is 11.4 Å². The zero-order chi connectivity index (χ0) is 24.9. The number of benzene rings is 2. The molecule has 0 bridgehead atoms. The van der Waals surface area contributed by atoms with E-state index in [2.05, 4.69) is 5.10 Å². The van der Waals surface area contributed by atoms with Crippen LogP contribution in [0.15, 0.2) is 77.9 Å². The first kappa shape index (κ1) is 22.2. The Morgan fingerprint density at radius 3 is 2.20 bits per heavy atom. The fourth-order valence-electron chi connectivity index (χ4n) is 4.42. The smallest absolute Gasteiger partial charge is 0.295 e. The summed E-state index contributed by atoms with van der Waals surface area (Å²) >= 11 is 0. The molecular formula is C27H22FN4O3+. The molecule has 3 heterocycles. The maximum atomic E-state index is 13.7. The van der Waals surface area contributed by atoms with Gasteiger partial charge in [-0.25, -0.2) is 14.0 Å². The van der Waals surface area contributed by atoms with Crippen molar-refractivity contribution in [3.8, 4) is 5.69 Å². The number of rotatable bonds is 4. The maximum absolute atomic E-state index is 13.7. The predicted octanol–water partition coefficient (Wildman–Crippen LogP) is 3.46. The minimum atomic E-state index is -0.653. The number of aryl methyl sites for hydroxylation is 3. The normalized spacial score (nSPS) is 13.8. The number of hydrogen-bond donors (Lipinski definition) is 1. The lowest BCUT2D eigenvalue weighted by atomic mass is 10.1. The summed E-state index contributed by atoms with van der Waals surface area (Å²) in [6.45, 7) is 5.55. The molecule has 2 aromatic heterocycles. The Morgan fingerprint density at radius 1 is 0.857 bits per heavy atom. The molecule has 0 saturated carbocycles. The summed E-state index contributed by atoms with van der Waals surface area (Å²) in [5.74, 6) is -1.75. The minimum Gasteiger partial charge on any atom is -0.295 e. The molecular weight excluding hydrogens is 447 g/mol. The van der Waals surface area contributed by atoms with Crippen LogP contribution < -0.4 is 15.0 Å². The van der Waals surface area contributed by atoms with Gasteiger partial charge in [-0.2, -0.15) is 4.57 Å². The van der Waals surface area contributed by atoms with Gasteiger partial charge in [-0.1, -0.05) is 23.8 Å². The Labute approximate surface area is 200 Å². The van der Waals surface area contributed by atoms with E-state index in [4.69, 9.17) is 0 Å². The van der Waals surface area contributed by atoms with Gasteiger partial charge < -0.3 is 0 Å². The monoisotopic (exact) mass is 469 g/mol. The predicted molar refractivity (Wildman–Crippen MR) is 129 cm³/mol. The summed E-state index contributed by atoms with van der Waals surface area (Å²) < 4.78 is 16.4. The fourth-order valence-corrected chi connectivity index (χ4v) is 4.42. The van der Waals surface area contributed by atoms with Crippen LogP contribution in [-0.2, 0) is 9.59 Å². The van der Waals surface area contributed by atoms with Crippen molar-refractivity contribution in [2.75, 3.05) is 4.90 Å². The number of aromatic nitrogens is 3. The van der Waals surface area contributed by atoms with E-state index in [9.17, 15) is 18.8 Å². The summed E-state index contributed by atoms with van der Waals surface area (Å²) in [6, 6.07) is 16.0. The van der Waals surface area contributed by atoms with Crippen molar-refractivity contribution in [3.05, 3.63) is 112 Å². The summed E-state index contributed by atoms with van der Waals surface area (Å²) in [4.78, 5) is 42.0. The number of carbonyl (C=O) groups is 2. The molecule has 2 amide bonds. The van der Waals surface area contributed by atoms with Gasteiger partial charge in [-0.05, 0) is 56.7 Å². The number of carbonyl (C=O) groups excluding carboxylic acids is 2. The number of anilines is 1. The highest BCUT2D eigenvalue weighted by Crippen LogP contribution is 2.33. The van der Waals surface area contributed by atoms with Crippen molar-refractivity contribution in [1.82, 2.24) is 9.78 Å². The second kappa shape index (κ2) is 8.32. The Balaban J connectivity index is 1.75. The largest absolute Gasteiger partial charge is 0.331 e. The number of nitrogens with zero attached hydrogens (tertiary/aromatic N) is 3. The van der Waals surface area contributed by atoms with E-state index in [0.717, 1.165) is 16.0 Å². The van der Waals surface area contributed by atoms with Gasteiger partial charge in [0.2, 0.25) is 0 Å². The minimum absolute atomic E-state index is 0.0159. The molecule has 7 nitrogen and oxygen atoms in total. The summed E-state index contributed by atoms with van der Waals surface area (Å²) in [7, 11) is 0. The number of halogens is 1. The zero-order valence-electron chi connectivity index (χ0n) is 19.4. The molecule has 0 atom stereocenters. The van der Waals surface area contributed by atoms with Crippen LogP contribution in [0.5, 0.6) is 0 Å². The molecule has 0 spiro atoms. The first-order chi connectivity index (χ1) is 16.8. The van der Waals surface area contributed by atoms with E-state index in [1.165, 1.54) is 33.5 Å². The average molecular weight is 469 g/mol. The van der Waals surface area contributed by atoms with E-state index in [-0.39, 0.29) is 22.5 Å². The quantitative estimate of drug-likeness (QED) is 0.367. The number of amides is 2. The molecule has 5 rings (SSSR count). The zero-order valence-corrected chi connectivity index (χ0v) is 19.4. The van der Waals surface area contributed by atoms with Gasteiger partial charge in [0.15, 0.2) is 12.4 Å². The van der Waals surface area contributed by atoms with Crippen molar-refractivity contribution in [3.63, 3.8) is 0 Å². The van der Waals surface area contributed by atoms with E-state index in [1.807, 2.05) is 32.0 Å². The molecule has 8 heteroatoms. The van der Waals surface area contributed by atoms with Gasteiger partial charge >= 0.3 is 5.91 Å². The van der Waals surface area contributed by atoms with E-state index < -0.39 is 23.2 Å². The van der Waals surface area contributed by atoms with Crippen LogP contribution in [0.3, 0.4) is 0 Å². The number of pyridine rings is 1. The van der Waals surface area contributed by atoms with Crippen LogP contribution in [-0.4, -0.2) is 21.6 Å². The molecule has 0 aliphatic carbocycles. The standard InChI is InChI=1S/C27H21FN4O3/c1-16-7-12-21(17(2)15-16)32-26(34)22(18(3)29-32)23-24(30-13-5-4-6-14-30)27(35)31(25(23)33)20-10-8-19(28)9-11-20/h4-15H,1-3H3/p+1. The molecule has 0 unspecified atom stereocenters. The van der Waals surface area contributed by atoms with Crippen LogP contribution in [0.25, 0.3) is 17.0 Å². The van der Waals surface area contributed by atoms with Gasteiger partial charge in [0.05, 0.1) is 16.9 Å². The highest BCUT2D eigenvalue weighted by molar-refractivity contribution is 6.53. The van der Waals surface area contributed by atoms with E-state index >= 15 is 0 Å². The third kappa shape index (κ3) is 3.59. The molecule has 35 heavy (non-hydrogen) atoms. The Hall–Kier alpha value is -4.59. The van der Waals surface area contributed by atoms with Crippen molar-refractivity contribution < 1.29 is 18.5 Å². The molecule has 0 saturated heterocycles. The van der Waals surface area contributed by atoms with Gasteiger partial charge in [0.1, 0.15) is 11.4 Å². The highest BCUT2D eigenvalue weighted by atomic mass is 19.1. The van der Waals surface area contributed by atoms with Crippen molar-refractivity contribution in [1.29, 1.82) is 0 Å². The van der Waals surface area contributed by atoms with Crippen LogP contribution in [0.1, 0.15) is 22.4 Å². The first-order valence-electron chi connectivity index (χ1n) is 11.0. The second-order valence-electron chi connectivity index (χ2n) is 8.47. The molecule has 174 valence electrons. The van der Waals surface area contributed by atoms with Gasteiger partial charge in [-0.3, -0.25) is 19.5 Å². The van der Waals surface area contributed by atoms with Crippen LogP contribution >= 0.6 is 0 Å². The number of aromatic amines is 1. The van der Waals surface area contributed by atoms with E-state index in [1.54, 1.807) is 37.5 Å². The van der Waals surface area contributed by atoms with Gasteiger partial charge in [-0.15, -0.1) is 0 Å². The number of nitrogens with one attached hydrogen (secondary N) is 1. The van der Waals surface area contributed by atoms with Crippen molar-refractivity contribution >= 4 is 28.8 Å². The third-order valence-corrected chi connectivity index (χ3v) is 6.03. The maximum Gasteiger partial charge on any atom is 0.331 e. The van der Waals surface area contributed by atoms with Crippen LogP contribution in [0, 0.1) is 26.6 Å². The first-order valence-corrected chi connectivity index (χ1v) is 11.0. The van der Waals surface area contributed by atoms with Crippen LogP contribution in [0.2, 0.25) is 0 Å². The summed E-state index contributed by atoms with van der Waals surface area (Å²) in [6.07, 6.45) is 3.28. The number of imide groups is 1. The highest BCUT2D eigenvalue weighted by Gasteiger charge is 2.47. The topological polar surface area (TPSA) is 79.1 Å². The molecule has 0 fully saturated rings. The Morgan fingerprint density at radius 2 is 1.54 bits per heavy atom. The molecule has 2 aromatic carbocycles. The van der Waals surface area contributed by atoms with Crippen molar-refractivity contribution in [2.45, 2.75) is 20.8 Å². The molecule has 1 aliphatic heterocycles. The Bertz CT molecular complexity index is 1580. The summed E-state index contributed by atoms with van der Waals surface area (Å²) in [5, 5.41) is 3.07. The molecule has 0 radical (unpaired) electrons.